The van der Waals surface area contributed by atoms with Gasteiger partial charge in [-0.3, -0.25) is 14.5 Å². The first-order valence-electron chi connectivity index (χ1n) is 9.56. The number of anilines is 1. The summed E-state index contributed by atoms with van der Waals surface area (Å²) >= 11 is 0.971. The summed E-state index contributed by atoms with van der Waals surface area (Å²) in [6, 6.07) is 13.6. The van der Waals surface area contributed by atoms with Crippen molar-refractivity contribution in [3.05, 3.63) is 72.3 Å². The first-order valence-corrected chi connectivity index (χ1v) is 11.9. The highest BCUT2D eigenvalue weighted by Gasteiger charge is 2.39. The Hall–Kier alpha value is -2.91. The third kappa shape index (κ3) is 5.62. The van der Waals surface area contributed by atoms with E-state index in [0.717, 1.165) is 22.9 Å². The highest BCUT2D eigenvalue weighted by atomic mass is 32.2. The Kier molecular flexibility index (Phi) is 6.97. The highest BCUT2D eigenvalue weighted by molar-refractivity contribution is 8.16. The Labute approximate surface area is 186 Å². The molecule has 1 saturated heterocycles. The van der Waals surface area contributed by atoms with Crippen molar-refractivity contribution in [2.45, 2.75) is 30.4 Å². The molecule has 2 amide bonds. The van der Waals surface area contributed by atoms with Crippen LogP contribution < -0.4 is 5.32 Å². The van der Waals surface area contributed by atoms with E-state index in [-0.39, 0.29) is 34.8 Å². The van der Waals surface area contributed by atoms with Crippen LogP contribution in [-0.2, 0) is 19.6 Å². The van der Waals surface area contributed by atoms with Gasteiger partial charge in [0.25, 0.3) is 10.0 Å². The Bertz CT molecular complexity index is 1120. The number of aryl methyl sites for hydroxylation is 2. The van der Waals surface area contributed by atoms with E-state index >= 15 is 0 Å². The molecule has 0 saturated carbocycles. The summed E-state index contributed by atoms with van der Waals surface area (Å²) in [4.78, 5) is 26.5. The van der Waals surface area contributed by atoms with Crippen molar-refractivity contribution in [3.63, 3.8) is 0 Å². The van der Waals surface area contributed by atoms with Crippen LogP contribution in [0.5, 0.6) is 0 Å². The number of hydrogen-bond acceptors (Lipinski definition) is 5. The van der Waals surface area contributed by atoms with Crippen molar-refractivity contribution in [1.29, 1.82) is 0 Å². The van der Waals surface area contributed by atoms with Crippen LogP contribution in [0.1, 0.15) is 17.5 Å². The third-order valence-corrected chi connectivity index (χ3v) is 7.13. The Morgan fingerprint density at radius 1 is 1.13 bits per heavy atom. The van der Waals surface area contributed by atoms with E-state index in [2.05, 4.69) is 16.3 Å². The summed E-state index contributed by atoms with van der Waals surface area (Å²) in [6.07, 6.45) is 1.38. The number of nitrogens with one attached hydrogen (secondary N) is 1. The summed E-state index contributed by atoms with van der Waals surface area (Å²) in [6.45, 7) is 7.52. The monoisotopic (exact) mass is 457 g/mol. The standard InChI is InChI=1S/C22H23N3O4S2/c1-4-13-25-21(27)19(14-20(26)23-17-9-5-15(2)6-10-17)30-22(25)24-31(28,29)18-11-7-16(3)8-12-18/h4-12,19H,1,13-14H2,2-3H3,(H,23,26). The second-order valence-corrected chi connectivity index (χ2v) is 9.90. The van der Waals surface area contributed by atoms with E-state index < -0.39 is 15.3 Å². The molecule has 1 aliphatic heterocycles. The van der Waals surface area contributed by atoms with Gasteiger partial charge in [-0.1, -0.05) is 53.2 Å². The van der Waals surface area contributed by atoms with E-state index in [0.29, 0.717) is 5.69 Å². The molecular weight excluding hydrogens is 434 g/mol. The van der Waals surface area contributed by atoms with Gasteiger partial charge < -0.3 is 5.32 Å². The quantitative estimate of drug-likeness (QED) is 0.642. The first-order chi connectivity index (χ1) is 14.7. The second-order valence-electron chi connectivity index (χ2n) is 7.12. The molecule has 0 spiro atoms. The molecule has 7 nitrogen and oxygen atoms in total. The molecule has 1 N–H and O–H groups in total. The fraction of sp³-hybridized carbons (Fsp3) is 0.227. The normalized spacial score (nSPS) is 17.7. The Morgan fingerprint density at radius 2 is 1.71 bits per heavy atom. The lowest BCUT2D eigenvalue weighted by Gasteiger charge is -2.13. The largest absolute Gasteiger partial charge is 0.326 e. The maximum atomic E-state index is 12.8. The Balaban J connectivity index is 1.78. The summed E-state index contributed by atoms with van der Waals surface area (Å²) in [5.41, 5.74) is 2.62. The SMILES string of the molecule is C=CCN1C(=O)C(CC(=O)Nc2ccc(C)cc2)SC1=NS(=O)(=O)c1ccc(C)cc1. The van der Waals surface area contributed by atoms with Crippen molar-refractivity contribution in [2.75, 3.05) is 11.9 Å². The third-order valence-electron chi connectivity index (χ3n) is 4.55. The molecule has 1 atom stereocenters. The van der Waals surface area contributed by atoms with Gasteiger partial charge >= 0.3 is 0 Å². The average molecular weight is 458 g/mol. The van der Waals surface area contributed by atoms with E-state index in [1.54, 1.807) is 24.3 Å². The molecule has 1 fully saturated rings. The molecule has 1 unspecified atom stereocenters. The molecule has 0 bridgehead atoms. The van der Waals surface area contributed by atoms with E-state index in [4.69, 9.17) is 0 Å². The molecule has 1 heterocycles. The number of amides is 2. The molecule has 2 aromatic carbocycles. The summed E-state index contributed by atoms with van der Waals surface area (Å²) in [5.74, 6) is -0.710. The number of sulfonamides is 1. The van der Waals surface area contributed by atoms with Gasteiger partial charge in [-0.2, -0.15) is 8.42 Å². The molecule has 3 rings (SSSR count). The van der Waals surface area contributed by atoms with E-state index in [1.165, 1.54) is 23.1 Å². The number of nitrogens with zero attached hydrogens (tertiary/aromatic N) is 2. The Morgan fingerprint density at radius 3 is 2.29 bits per heavy atom. The van der Waals surface area contributed by atoms with Gasteiger partial charge in [-0.05, 0) is 38.1 Å². The predicted molar refractivity (Wildman–Crippen MR) is 124 cm³/mol. The van der Waals surface area contributed by atoms with Crippen LogP contribution in [0.25, 0.3) is 0 Å². The molecule has 162 valence electrons. The number of benzene rings is 2. The van der Waals surface area contributed by atoms with E-state index in [9.17, 15) is 18.0 Å². The zero-order valence-corrected chi connectivity index (χ0v) is 18.9. The van der Waals surface area contributed by atoms with Gasteiger partial charge in [0.15, 0.2) is 5.17 Å². The van der Waals surface area contributed by atoms with Crippen LogP contribution in [0, 0.1) is 13.8 Å². The van der Waals surface area contributed by atoms with Crippen LogP contribution in [0.15, 0.2) is 70.5 Å². The van der Waals surface area contributed by atoms with Crippen molar-refractivity contribution in [3.8, 4) is 0 Å². The van der Waals surface area contributed by atoms with Crippen LogP contribution in [-0.4, -0.2) is 42.1 Å². The fourth-order valence-corrected chi connectivity index (χ4v) is 5.25. The lowest BCUT2D eigenvalue weighted by molar-refractivity contribution is -0.127. The number of carbonyl (C=O) groups is 2. The highest BCUT2D eigenvalue weighted by Crippen LogP contribution is 2.31. The van der Waals surface area contributed by atoms with Gasteiger partial charge in [0.05, 0.1) is 4.90 Å². The maximum Gasteiger partial charge on any atom is 0.284 e. The zero-order chi connectivity index (χ0) is 22.6. The topological polar surface area (TPSA) is 95.9 Å². The fourth-order valence-electron chi connectivity index (χ4n) is 2.89. The van der Waals surface area contributed by atoms with Crippen molar-refractivity contribution in [1.82, 2.24) is 4.90 Å². The maximum absolute atomic E-state index is 12.8. The smallest absolute Gasteiger partial charge is 0.284 e. The van der Waals surface area contributed by atoms with Crippen LogP contribution >= 0.6 is 11.8 Å². The lowest BCUT2D eigenvalue weighted by Crippen LogP contribution is -2.33. The van der Waals surface area contributed by atoms with Gasteiger partial charge in [0, 0.05) is 18.7 Å². The number of rotatable bonds is 7. The molecule has 2 aromatic rings. The van der Waals surface area contributed by atoms with E-state index in [1.807, 2.05) is 26.0 Å². The van der Waals surface area contributed by atoms with Gasteiger partial charge in [0.1, 0.15) is 5.25 Å². The molecule has 1 aliphatic rings. The first kappa shape index (κ1) is 22.8. The lowest BCUT2D eigenvalue weighted by atomic mass is 10.2. The summed E-state index contributed by atoms with van der Waals surface area (Å²) < 4.78 is 29.3. The molecule has 0 aromatic heterocycles. The number of thioether (sulfide) groups is 1. The average Bonchev–Trinajstić information content (AvgIpc) is 2.98. The van der Waals surface area contributed by atoms with Crippen molar-refractivity contribution in [2.24, 2.45) is 4.40 Å². The molecule has 0 radical (unpaired) electrons. The van der Waals surface area contributed by atoms with Crippen molar-refractivity contribution >= 4 is 44.5 Å². The van der Waals surface area contributed by atoms with Gasteiger partial charge in [-0.25, -0.2) is 0 Å². The second kappa shape index (κ2) is 9.49. The number of amidine groups is 1. The summed E-state index contributed by atoms with van der Waals surface area (Å²) in [7, 11) is -4.00. The number of hydrogen-bond donors (Lipinski definition) is 1. The van der Waals surface area contributed by atoms with Gasteiger partial charge in [0.2, 0.25) is 11.8 Å². The molecule has 31 heavy (non-hydrogen) atoms. The molecular formula is C22H23N3O4S2. The minimum absolute atomic E-state index is 0.0396. The van der Waals surface area contributed by atoms with Crippen LogP contribution in [0.2, 0.25) is 0 Å². The molecule has 0 aliphatic carbocycles. The zero-order valence-electron chi connectivity index (χ0n) is 17.2. The minimum Gasteiger partial charge on any atom is -0.326 e. The number of carbonyl (C=O) groups excluding carboxylic acids is 2. The van der Waals surface area contributed by atoms with Crippen LogP contribution in [0.3, 0.4) is 0 Å². The van der Waals surface area contributed by atoms with Crippen molar-refractivity contribution < 1.29 is 18.0 Å². The minimum atomic E-state index is -4.00. The molecule has 9 heteroatoms. The summed E-state index contributed by atoms with van der Waals surface area (Å²) in [5, 5.41) is 2.03. The van der Waals surface area contributed by atoms with Gasteiger partial charge in [-0.15, -0.1) is 11.0 Å². The predicted octanol–water partition coefficient (Wildman–Crippen LogP) is 3.51. The van der Waals surface area contributed by atoms with Crippen LogP contribution in [0.4, 0.5) is 5.69 Å².